The van der Waals surface area contributed by atoms with E-state index in [2.05, 4.69) is 23.5 Å². The molecule has 1 N–H and O–H groups in total. The molecule has 2 heterocycles. The Balaban J connectivity index is 2.18. The van der Waals surface area contributed by atoms with Gasteiger partial charge in [-0.3, -0.25) is 0 Å². The number of nitrogens with one attached hydrogen (secondary N) is 1. The van der Waals surface area contributed by atoms with Gasteiger partial charge in [0, 0.05) is 17.3 Å². The maximum Gasteiger partial charge on any atom is 0.167 e. The molecule has 1 saturated heterocycles. The number of para-hydroxylation sites is 1. The maximum atomic E-state index is 5.35. The standard InChI is InChI=1S/C12H14N2O/c1-12(6-7-13-8-12)11-9-4-2-3-5-10(9)15-14-11/h2-5,13H,6-8H2,1H3. The van der Waals surface area contributed by atoms with E-state index in [0.29, 0.717) is 0 Å². The SMILES string of the molecule is CC1(c2noc3ccccc23)CCNC1. The van der Waals surface area contributed by atoms with Crippen LogP contribution in [0.4, 0.5) is 0 Å². The molecular weight excluding hydrogens is 188 g/mol. The van der Waals surface area contributed by atoms with Gasteiger partial charge >= 0.3 is 0 Å². The van der Waals surface area contributed by atoms with Crippen LogP contribution in [0.3, 0.4) is 0 Å². The fourth-order valence-electron chi connectivity index (χ4n) is 2.34. The Kier molecular flexibility index (Phi) is 1.83. The van der Waals surface area contributed by atoms with Crippen molar-refractivity contribution in [3.63, 3.8) is 0 Å². The molecule has 0 bridgehead atoms. The fourth-order valence-corrected chi connectivity index (χ4v) is 2.34. The molecule has 1 atom stereocenters. The molecule has 0 amide bonds. The number of fused-ring (bicyclic) bond motifs is 1. The Morgan fingerprint density at radius 3 is 3.07 bits per heavy atom. The van der Waals surface area contributed by atoms with Crippen molar-refractivity contribution in [2.75, 3.05) is 13.1 Å². The van der Waals surface area contributed by atoms with E-state index in [1.807, 2.05) is 18.2 Å². The molecule has 0 saturated carbocycles. The molecule has 3 heteroatoms. The molecule has 1 fully saturated rings. The molecule has 15 heavy (non-hydrogen) atoms. The molecule has 1 aromatic carbocycles. The van der Waals surface area contributed by atoms with Crippen LogP contribution in [0.15, 0.2) is 28.8 Å². The van der Waals surface area contributed by atoms with Crippen LogP contribution in [0, 0.1) is 0 Å². The van der Waals surface area contributed by atoms with E-state index in [4.69, 9.17) is 4.52 Å². The van der Waals surface area contributed by atoms with Gasteiger partial charge in [-0.25, -0.2) is 0 Å². The third-order valence-corrected chi connectivity index (χ3v) is 3.32. The van der Waals surface area contributed by atoms with Crippen molar-refractivity contribution in [1.82, 2.24) is 10.5 Å². The highest BCUT2D eigenvalue weighted by Crippen LogP contribution is 2.34. The Labute approximate surface area is 88.4 Å². The monoisotopic (exact) mass is 202 g/mol. The largest absolute Gasteiger partial charge is 0.356 e. The van der Waals surface area contributed by atoms with Gasteiger partial charge in [-0.2, -0.15) is 0 Å². The van der Waals surface area contributed by atoms with Crippen molar-refractivity contribution in [2.45, 2.75) is 18.8 Å². The lowest BCUT2D eigenvalue weighted by atomic mass is 9.84. The summed E-state index contributed by atoms with van der Waals surface area (Å²) in [4.78, 5) is 0. The summed E-state index contributed by atoms with van der Waals surface area (Å²) >= 11 is 0. The first-order chi connectivity index (χ1) is 7.30. The zero-order valence-corrected chi connectivity index (χ0v) is 8.79. The van der Waals surface area contributed by atoms with Crippen LogP contribution in [-0.2, 0) is 5.41 Å². The van der Waals surface area contributed by atoms with Gasteiger partial charge in [0.1, 0.15) is 0 Å². The molecule has 0 aliphatic carbocycles. The van der Waals surface area contributed by atoms with E-state index in [9.17, 15) is 0 Å². The number of benzene rings is 1. The normalized spacial score (nSPS) is 26.2. The van der Waals surface area contributed by atoms with Crippen molar-refractivity contribution < 1.29 is 4.52 Å². The molecule has 1 unspecified atom stereocenters. The molecule has 2 aromatic rings. The molecule has 3 rings (SSSR count). The smallest absolute Gasteiger partial charge is 0.167 e. The van der Waals surface area contributed by atoms with E-state index in [1.54, 1.807) is 0 Å². The number of nitrogens with zero attached hydrogens (tertiary/aromatic N) is 1. The number of rotatable bonds is 1. The van der Waals surface area contributed by atoms with Crippen LogP contribution in [0.1, 0.15) is 19.0 Å². The molecular formula is C12H14N2O. The Morgan fingerprint density at radius 2 is 2.27 bits per heavy atom. The predicted octanol–water partition coefficient (Wildman–Crippen LogP) is 2.08. The van der Waals surface area contributed by atoms with E-state index in [0.717, 1.165) is 36.2 Å². The predicted molar refractivity (Wildman–Crippen MR) is 58.8 cm³/mol. The highest BCUT2D eigenvalue weighted by atomic mass is 16.5. The van der Waals surface area contributed by atoms with Crippen LogP contribution in [0.2, 0.25) is 0 Å². The summed E-state index contributed by atoms with van der Waals surface area (Å²) < 4.78 is 5.35. The first-order valence-electron chi connectivity index (χ1n) is 5.35. The van der Waals surface area contributed by atoms with Crippen molar-refractivity contribution in [3.05, 3.63) is 30.0 Å². The summed E-state index contributed by atoms with van der Waals surface area (Å²) in [5.41, 5.74) is 2.12. The summed E-state index contributed by atoms with van der Waals surface area (Å²) in [6.07, 6.45) is 1.13. The van der Waals surface area contributed by atoms with Crippen LogP contribution in [-0.4, -0.2) is 18.2 Å². The Hall–Kier alpha value is -1.35. The van der Waals surface area contributed by atoms with Crippen LogP contribution in [0.5, 0.6) is 0 Å². The van der Waals surface area contributed by atoms with Gasteiger partial charge in [0.2, 0.25) is 0 Å². The van der Waals surface area contributed by atoms with Crippen LogP contribution >= 0.6 is 0 Å². The van der Waals surface area contributed by atoms with E-state index in [1.165, 1.54) is 0 Å². The van der Waals surface area contributed by atoms with Crippen molar-refractivity contribution in [2.24, 2.45) is 0 Å². The number of aromatic nitrogens is 1. The van der Waals surface area contributed by atoms with Gasteiger partial charge in [0.15, 0.2) is 5.58 Å². The first kappa shape index (κ1) is 8.92. The van der Waals surface area contributed by atoms with Crippen LogP contribution < -0.4 is 5.32 Å². The summed E-state index contributed by atoms with van der Waals surface area (Å²) in [7, 11) is 0. The third-order valence-electron chi connectivity index (χ3n) is 3.32. The molecule has 78 valence electrons. The highest BCUT2D eigenvalue weighted by Gasteiger charge is 2.34. The lowest BCUT2D eigenvalue weighted by Gasteiger charge is -2.19. The Morgan fingerprint density at radius 1 is 1.40 bits per heavy atom. The molecule has 1 aliphatic rings. The fraction of sp³-hybridized carbons (Fsp3) is 0.417. The van der Waals surface area contributed by atoms with E-state index in [-0.39, 0.29) is 5.41 Å². The minimum Gasteiger partial charge on any atom is -0.356 e. The molecule has 1 aromatic heterocycles. The summed E-state index contributed by atoms with van der Waals surface area (Å²) in [6.45, 7) is 4.30. The average molecular weight is 202 g/mol. The van der Waals surface area contributed by atoms with Crippen molar-refractivity contribution in [1.29, 1.82) is 0 Å². The van der Waals surface area contributed by atoms with Gasteiger partial charge < -0.3 is 9.84 Å². The molecule has 3 nitrogen and oxygen atoms in total. The highest BCUT2D eigenvalue weighted by molar-refractivity contribution is 5.80. The van der Waals surface area contributed by atoms with Gasteiger partial charge in [-0.15, -0.1) is 0 Å². The summed E-state index contributed by atoms with van der Waals surface area (Å²) in [6, 6.07) is 8.07. The third kappa shape index (κ3) is 1.27. The second kappa shape index (κ2) is 3.07. The maximum absolute atomic E-state index is 5.35. The van der Waals surface area contributed by atoms with Gasteiger partial charge in [-0.05, 0) is 25.1 Å². The zero-order valence-electron chi connectivity index (χ0n) is 8.79. The summed E-state index contributed by atoms with van der Waals surface area (Å²) in [5.74, 6) is 0. The average Bonchev–Trinajstić information content (AvgIpc) is 2.84. The van der Waals surface area contributed by atoms with Gasteiger partial charge in [0.25, 0.3) is 0 Å². The number of hydrogen-bond acceptors (Lipinski definition) is 3. The minimum absolute atomic E-state index is 0.132. The molecule has 0 radical (unpaired) electrons. The van der Waals surface area contributed by atoms with Crippen LogP contribution in [0.25, 0.3) is 11.0 Å². The molecule has 1 aliphatic heterocycles. The summed E-state index contributed by atoms with van der Waals surface area (Å²) in [5, 5.41) is 8.77. The lowest BCUT2D eigenvalue weighted by molar-refractivity contribution is 0.407. The second-order valence-electron chi connectivity index (χ2n) is 4.51. The van der Waals surface area contributed by atoms with E-state index >= 15 is 0 Å². The lowest BCUT2D eigenvalue weighted by Crippen LogP contribution is -2.25. The van der Waals surface area contributed by atoms with Gasteiger partial charge in [-0.1, -0.05) is 24.2 Å². The number of hydrogen-bond donors (Lipinski definition) is 1. The topological polar surface area (TPSA) is 38.1 Å². The minimum atomic E-state index is 0.132. The van der Waals surface area contributed by atoms with Crippen molar-refractivity contribution in [3.8, 4) is 0 Å². The first-order valence-corrected chi connectivity index (χ1v) is 5.35. The van der Waals surface area contributed by atoms with Gasteiger partial charge in [0.05, 0.1) is 5.69 Å². The quantitative estimate of drug-likeness (QED) is 0.769. The van der Waals surface area contributed by atoms with E-state index < -0.39 is 0 Å². The zero-order chi connectivity index (χ0) is 10.3. The second-order valence-corrected chi connectivity index (χ2v) is 4.51. The van der Waals surface area contributed by atoms with Crippen molar-refractivity contribution >= 4 is 11.0 Å². The Bertz CT molecular complexity index is 483. The molecule has 0 spiro atoms.